The van der Waals surface area contributed by atoms with Gasteiger partial charge in [0.25, 0.3) is 5.56 Å². The van der Waals surface area contributed by atoms with Gasteiger partial charge < -0.3 is 14.2 Å². The molecular weight excluding hydrogens is 436 g/mol. The predicted molar refractivity (Wildman–Crippen MR) is 117 cm³/mol. The first-order valence-electron chi connectivity index (χ1n) is 9.68. The first-order valence-corrected chi connectivity index (χ1v) is 11.4. The zero-order valence-corrected chi connectivity index (χ0v) is 18.4. The molecule has 1 aromatic carbocycles. The van der Waals surface area contributed by atoms with E-state index >= 15 is 0 Å². The highest BCUT2D eigenvalue weighted by Crippen LogP contribution is 2.38. The Bertz CT molecular complexity index is 1380. The summed E-state index contributed by atoms with van der Waals surface area (Å²) in [5, 5.41) is 3.93. The molecule has 9 heteroatoms. The summed E-state index contributed by atoms with van der Waals surface area (Å²) in [4.78, 5) is 31.5. The molecule has 0 aliphatic carbocycles. The van der Waals surface area contributed by atoms with Gasteiger partial charge in [-0.3, -0.25) is 9.36 Å². The van der Waals surface area contributed by atoms with Gasteiger partial charge in [-0.15, -0.1) is 0 Å². The Morgan fingerprint density at radius 2 is 2.16 bits per heavy atom. The normalized spacial score (nSPS) is 17.5. The standard InChI is InChI=1S/C22H18N2O5S2/c1-3-27-21(26)18-12(2)23-22-24(20(25)17(31-22)8-13-6-7-30-10-13)19(18)14-4-5-15-16(9-14)29-11-28-15/h4-10,19H,3,11H2,1-2H3/b17-8+/t19-/m0/s1. The van der Waals surface area contributed by atoms with E-state index in [-0.39, 0.29) is 19.0 Å². The van der Waals surface area contributed by atoms with E-state index in [1.165, 1.54) is 11.3 Å². The second-order valence-corrected chi connectivity index (χ2v) is 8.76. The van der Waals surface area contributed by atoms with Gasteiger partial charge in [0, 0.05) is 0 Å². The Morgan fingerprint density at radius 1 is 1.32 bits per heavy atom. The fourth-order valence-corrected chi connectivity index (χ4v) is 5.36. The molecule has 1 atom stereocenters. The molecule has 0 bridgehead atoms. The van der Waals surface area contributed by atoms with Crippen molar-refractivity contribution in [3.63, 3.8) is 0 Å². The van der Waals surface area contributed by atoms with Crippen LogP contribution in [0.5, 0.6) is 11.5 Å². The number of esters is 1. The third kappa shape index (κ3) is 3.39. The minimum Gasteiger partial charge on any atom is -0.463 e. The van der Waals surface area contributed by atoms with E-state index < -0.39 is 12.0 Å². The van der Waals surface area contributed by atoms with Gasteiger partial charge in [-0.1, -0.05) is 17.4 Å². The Hall–Kier alpha value is -3.17. The van der Waals surface area contributed by atoms with Gasteiger partial charge in [0.2, 0.25) is 6.79 Å². The number of fused-ring (bicyclic) bond motifs is 2. The second-order valence-electron chi connectivity index (χ2n) is 6.97. The fourth-order valence-electron chi connectivity index (χ4n) is 3.70. The smallest absolute Gasteiger partial charge is 0.338 e. The number of hydrogen-bond donors (Lipinski definition) is 0. The predicted octanol–water partition coefficient (Wildman–Crippen LogP) is 2.59. The maximum Gasteiger partial charge on any atom is 0.338 e. The average molecular weight is 455 g/mol. The summed E-state index contributed by atoms with van der Waals surface area (Å²) in [6, 6.07) is 6.71. The number of carbonyl (C=O) groups excluding carboxylic acids is 1. The van der Waals surface area contributed by atoms with Gasteiger partial charge in [0.1, 0.15) is 0 Å². The van der Waals surface area contributed by atoms with Crippen LogP contribution < -0.4 is 24.4 Å². The number of hydrogen-bond acceptors (Lipinski definition) is 8. The van der Waals surface area contributed by atoms with Gasteiger partial charge in [-0.2, -0.15) is 11.3 Å². The second kappa shape index (κ2) is 7.82. The lowest BCUT2D eigenvalue weighted by Gasteiger charge is -2.24. The molecule has 2 aliphatic heterocycles. The topological polar surface area (TPSA) is 79.1 Å². The van der Waals surface area contributed by atoms with Gasteiger partial charge in [-0.05, 0) is 60.0 Å². The van der Waals surface area contributed by atoms with Crippen molar-refractivity contribution in [2.75, 3.05) is 13.4 Å². The van der Waals surface area contributed by atoms with Crippen LogP contribution >= 0.6 is 22.7 Å². The van der Waals surface area contributed by atoms with E-state index in [2.05, 4.69) is 4.99 Å². The number of thiazole rings is 1. The summed E-state index contributed by atoms with van der Waals surface area (Å²) in [6.45, 7) is 3.88. The van der Waals surface area contributed by atoms with Crippen LogP contribution in [-0.2, 0) is 9.53 Å². The molecule has 0 radical (unpaired) electrons. The number of thiophene rings is 1. The minimum absolute atomic E-state index is 0.141. The van der Waals surface area contributed by atoms with Crippen molar-refractivity contribution >= 4 is 34.7 Å². The molecule has 0 unspecified atom stereocenters. The van der Waals surface area contributed by atoms with Crippen LogP contribution in [0.4, 0.5) is 0 Å². The summed E-state index contributed by atoms with van der Waals surface area (Å²) in [5.74, 6) is 0.723. The molecule has 0 saturated carbocycles. The SMILES string of the molecule is CCOC(=O)C1=C(C)N=c2s/c(=C/c3ccsc3)c(=O)n2[C@H]1c1ccc2c(c1)OCO2. The minimum atomic E-state index is -0.672. The maximum absolute atomic E-state index is 13.4. The molecular formula is C22H18N2O5S2. The van der Waals surface area contributed by atoms with Crippen LogP contribution in [-0.4, -0.2) is 23.9 Å². The van der Waals surface area contributed by atoms with Crippen molar-refractivity contribution < 1.29 is 19.0 Å². The Balaban J connectivity index is 1.74. The number of carbonyl (C=O) groups is 1. The quantitative estimate of drug-likeness (QED) is 0.567. The number of nitrogens with zero attached hydrogens (tertiary/aromatic N) is 2. The van der Waals surface area contributed by atoms with Crippen LogP contribution in [0.3, 0.4) is 0 Å². The monoisotopic (exact) mass is 454 g/mol. The van der Waals surface area contributed by atoms with Crippen LogP contribution in [0.15, 0.2) is 56.1 Å². The van der Waals surface area contributed by atoms with E-state index in [1.807, 2.05) is 29.0 Å². The summed E-state index contributed by atoms with van der Waals surface area (Å²) < 4.78 is 18.4. The zero-order valence-electron chi connectivity index (χ0n) is 16.8. The van der Waals surface area contributed by atoms with Crippen molar-refractivity contribution in [1.82, 2.24) is 4.57 Å². The zero-order chi connectivity index (χ0) is 21.5. The van der Waals surface area contributed by atoms with E-state index in [0.29, 0.717) is 32.1 Å². The van der Waals surface area contributed by atoms with Gasteiger partial charge in [0.05, 0.1) is 28.5 Å². The average Bonchev–Trinajstić information content (AvgIpc) is 3.48. The largest absolute Gasteiger partial charge is 0.463 e. The Kier molecular flexibility index (Phi) is 4.99. The highest BCUT2D eigenvalue weighted by atomic mass is 32.1. The molecule has 31 heavy (non-hydrogen) atoms. The lowest BCUT2D eigenvalue weighted by atomic mass is 9.95. The van der Waals surface area contributed by atoms with Crippen molar-refractivity contribution in [3.8, 4) is 11.5 Å². The van der Waals surface area contributed by atoms with Crippen LogP contribution in [0.25, 0.3) is 6.08 Å². The number of rotatable bonds is 4. The summed E-state index contributed by atoms with van der Waals surface area (Å²) in [6.07, 6.45) is 1.85. The maximum atomic E-state index is 13.4. The van der Waals surface area contributed by atoms with Crippen LogP contribution in [0, 0.1) is 0 Å². The van der Waals surface area contributed by atoms with E-state index in [4.69, 9.17) is 14.2 Å². The van der Waals surface area contributed by atoms with Crippen LogP contribution in [0.1, 0.15) is 31.0 Å². The fraction of sp³-hybridized carbons (Fsp3) is 0.227. The number of ether oxygens (including phenoxy) is 3. The molecule has 4 heterocycles. The number of aromatic nitrogens is 1. The third-order valence-electron chi connectivity index (χ3n) is 5.07. The molecule has 0 fully saturated rings. The molecule has 2 aromatic heterocycles. The highest BCUT2D eigenvalue weighted by Gasteiger charge is 2.34. The lowest BCUT2D eigenvalue weighted by molar-refractivity contribution is -0.139. The molecule has 2 aliphatic rings. The summed E-state index contributed by atoms with van der Waals surface area (Å²) in [5.41, 5.74) is 2.35. The first kappa shape index (κ1) is 19.8. The van der Waals surface area contributed by atoms with Crippen molar-refractivity contribution in [2.45, 2.75) is 19.9 Å². The third-order valence-corrected chi connectivity index (χ3v) is 6.75. The van der Waals surface area contributed by atoms with Crippen molar-refractivity contribution in [1.29, 1.82) is 0 Å². The molecule has 7 nitrogen and oxygen atoms in total. The van der Waals surface area contributed by atoms with Gasteiger partial charge in [0.15, 0.2) is 16.3 Å². The summed E-state index contributed by atoms with van der Waals surface area (Å²) >= 11 is 2.87. The Morgan fingerprint density at radius 3 is 2.94 bits per heavy atom. The van der Waals surface area contributed by atoms with E-state index in [0.717, 1.165) is 11.1 Å². The Labute approximate surface area is 185 Å². The van der Waals surface area contributed by atoms with Gasteiger partial charge >= 0.3 is 5.97 Å². The molecule has 0 saturated heterocycles. The number of benzene rings is 1. The molecule has 5 rings (SSSR count). The first-order chi connectivity index (χ1) is 15.1. The lowest BCUT2D eigenvalue weighted by Crippen LogP contribution is -2.39. The van der Waals surface area contributed by atoms with Crippen molar-refractivity contribution in [2.24, 2.45) is 4.99 Å². The molecule has 0 spiro atoms. The molecule has 0 N–H and O–H groups in total. The van der Waals surface area contributed by atoms with E-state index in [1.54, 1.807) is 41.9 Å². The number of allylic oxidation sites excluding steroid dienone is 1. The van der Waals surface area contributed by atoms with Crippen molar-refractivity contribution in [3.05, 3.63) is 77.1 Å². The molecule has 3 aromatic rings. The molecule has 0 amide bonds. The molecule has 158 valence electrons. The van der Waals surface area contributed by atoms with Crippen LogP contribution in [0.2, 0.25) is 0 Å². The summed E-state index contributed by atoms with van der Waals surface area (Å²) in [7, 11) is 0. The van der Waals surface area contributed by atoms with Gasteiger partial charge in [-0.25, -0.2) is 9.79 Å². The highest BCUT2D eigenvalue weighted by molar-refractivity contribution is 7.08. The van der Waals surface area contributed by atoms with E-state index in [9.17, 15) is 9.59 Å².